The predicted octanol–water partition coefficient (Wildman–Crippen LogP) is 3.34. The van der Waals surface area contributed by atoms with Crippen LogP contribution in [0.1, 0.15) is 25.8 Å². The summed E-state index contributed by atoms with van der Waals surface area (Å²) in [7, 11) is 3.22. The fourth-order valence-corrected chi connectivity index (χ4v) is 3.21. The van der Waals surface area contributed by atoms with Gasteiger partial charge in [0.15, 0.2) is 11.5 Å². The molecule has 2 N–H and O–H groups in total. The van der Waals surface area contributed by atoms with Gasteiger partial charge in [-0.2, -0.15) is 0 Å². The SMILES string of the molecule is COc1ccc(CN2CCC(N)C(C)(C)C2)c(Cl)c1OC.Cl. The third-order valence-electron chi connectivity index (χ3n) is 4.35. The molecule has 126 valence electrons. The quantitative estimate of drug-likeness (QED) is 0.906. The summed E-state index contributed by atoms with van der Waals surface area (Å²) in [6.07, 6.45) is 1.01. The van der Waals surface area contributed by atoms with Crippen molar-refractivity contribution < 1.29 is 9.47 Å². The summed E-state index contributed by atoms with van der Waals surface area (Å²) in [6, 6.07) is 4.17. The molecule has 0 spiro atoms. The number of rotatable bonds is 4. The number of halogens is 2. The van der Waals surface area contributed by atoms with Gasteiger partial charge >= 0.3 is 0 Å². The molecular formula is C16H26Cl2N2O2. The number of nitrogens with zero attached hydrogens (tertiary/aromatic N) is 1. The normalized spacial score (nSPS) is 21.1. The van der Waals surface area contributed by atoms with E-state index >= 15 is 0 Å². The van der Waals surface area contributed by atoms with Gasteiger partial charge in [0.25, 0.3) is 0 Å². The van der Waals surface area contributed by atoms with Crippen molar-refractivity contribution >= 4 is 24.0 Å². The summed E-state index contributed by atoms with van der Waals surface area (Å²) >= 11 is 6.46. The van der Waals surface area contributed by atoms with E-state index in [0.29, 0.717) is 16.5 Å². The Labute approximate surface area is 144 Å². The van der Waals surface area contributed by atoms with Crippen LogP contribution in [0.15, 0.2) is 12.1 Å². The second-order valence-electron chi connectivity index (χ2n) is 6.37. The van der Waals surface area contributed by atoms with Crippen LogP contribution in [-0.2, 0) is 6.54 Å². The maximum atomic E-state index is 6.46. The summed E-state index contributed by atoms with van der Waals surface area (Å²) in [5.41, 5.74) is 7.37. The largest absolute Gasteiger partial charge is 0.493 e. The van der Waals surface area contributed by atoms with Crippen LogP contribution in [0, 0.1) is 5.41 Å². The van der Waals surface area contributed by atoms with E-state index < -0.39 is 0 Å². The van der Waals surface area contributed by atoms with Gasteiger partial charge in [0.05, 0.1) is 19.2 Å². The zero-order chi connectivity index (χ0) is 15.6. The highest BCUT2D eigenvalue weighted by atomic mass is 35.5. The maximum Gasteiger partial charge on any atom is 0.179 e. The zero-order valence-electron chi connectivity index (χ0n) is 13.7. The van der Waals surface area contributed by atoms with E-state index in [-0.39, 0.29) is 23.9 Å². The molecule has 0 saturated carbocycles. The Balaban J connectivity index is 0.00000242. The number of hydrogen-bond donors (Lipinski definition) is 1. The molecular weight excluding hydrogens is 323 g/mol. The molecule has 1 fully saturated rings. The first kappa shape index (κ1) is 19.4. The molecule has 1 saturated heterocycles. The van der Waals surface area contributed by atoms with Crippen molar-refractivity contribution in [1.82, 2.24) is 4.90 Å². The Morgan fingerprint density at radius 2 is 2.00 bits per heavy atom. The first-order valence-electron chi connectivity index (χ1n) is 7.26. The smallest absolute Gasteiger partial charge is 0.179 e. The van der Waals surface area contributed by atoms with Gasteiger partial charge in [-0.05, 0) is 23.5 Å². The van der Waals surface area contributed by atoms with E-state index in [4.69, 9.17) is 26.8 Å². The first-order chi connectivity index (χ1) is 9.89. The Kier molecular flexibility index (Phi) is 6.81. The number of likely N-dealkylation sites (tertiary alicyclic amines) is 1. The van der Waals surface area contributed by atoms with Crippen LogP contribution >= 0.6 is 24.0 Å². The van der Waals surface area contributed by atoms with Crippen LogP contribution < -0.4 is 15.2 Å². The van der Waals surface area contributed by atoms with Crippen LogP contribution in [0.2, 0.25) is 5.02 Å². The fraction of sp³-hybridized carbons (Fsp3) is 0.625. The second-order valence-corrected chi connectivity index (χ2v) is 6.75. The molecule has 1 aromatic rings. The molecule has 4 nitrogen and oxygen atoms in total. The minimum absolute atomic E-state index is 0. The Morgan fingerprint density at radius 3 is 2.55 bits per heavy atom. The molecule has 1 atom stereocenters. The zero-order valence-corrected chi connectivity index (χ0v) is 15.3. The summed E-state index contributed by atoms with van der Waals surface area (Å²) in [6.45, 7) is 7.21. The van der Waals surface area contributed by atoms with Crippen molar-refractivity contribution in [3.8, 4) is 11.5 Å². The Morgan fingerprint density at radius 1 is 1.32 bits per heavy atom. The summed E-state index contributed by atoms with van der Waals surface area (Å²) in [5.74, 6) is 1.26. The molecule has 0 aromatic heterocycles. The molecule has 0 amide bonds. The number of hydrogen-bond acceptors (Lipinski definition) is 4. The highest BCUT2D eigenvalue weighted by molar-refractivity contribution is 6.33. The minimum Gasteiger partial charge on any atom is -0.493 e. The van der Waals surface area contributed by atoms with Crippen LogP contribution in [0.4, 0.5) is 0 Å². The van der Waals surface area contributed by atoms with Crippen LogP contribution in [-0.4, -0.2) is 38.3 Å². The molecule has 1 aliphatic rings. The second kappa shape index (κ2) is 7.73. The van der Waals surface area contributed by atoms with E-state index in [0.717, 1.165) is 31.6 Å². The molecule has 0 bridgehead atoms. The summed E-state index contributed by atoms with van der Waals surface area (Å²) < 4.78 is 10.6. The molecule has 22 heavy (non-hydrogen) atoms. The topological polar surface area (TPSA) is 47.7 Å². The van der Waals surface area contributed by atoms with Gasteiger partial charge in [-0.15, -0.1) is 12.4 Å². The van der Waals surface area contributed by atoms with Crippen molar-refractivity contribution in [3.05, 3.63) is 22.7 Å². The molecule has 1 aliphatic heterocycles. The van der Waals surface area contributed by atoms with Crippen molar-refractivity contribution in [2.75, 3.05) is 27.3 Å². The minimum atomic E-state index is 0. The van der Waals surface area contributed by atoms with Gasteiger partial charge < -0.3 is 15.2 Å². The molecule has 0 radical (unpaired) electrons. The highest BCUT2D eigenvalue weighted by Gasteiger charge is 2.33. The lowest BCUT2D eigenvalue weighted by molar-refractivity contribution is 0.0898. The van der Waals surface area contributed by atoms with Crippen molar-refractivity contribution in [3.63, 3.8) is 0 Å². The third-order valence-corrected chi connectivity index (χ3v) is 4.76. The molecule has 0 aliphatic carbocycles. The monoisotopic (exact) mass is 348 g/mol. The van der Waals surface area contributed by atoms with Gasteiger partial charge in [-0.25, -0.2) is 0 Å². The molecule has 1 unspecified atom stereocenters. The van der Waals surface area contributed by atoms with Gasteiger partial charge in [-0.1, -0.05) is 31.5 Å². The van der Waals surface area contributed by atoms with Crippen LogP contribution in [0.3, 0.4) is 0 Å². The highest BCUT2D eigenvalue weighted by Crippen LogP contribution is 2.38. The van der Waals surface area contributed by atoms with Crippen LogP contribution in [0.5, 0.6) is 11.5 Å². The Bertz CT molecular complexity index is 509. The summed E-state index contributed by atoms with van der Waals surface area (Å²) in [5, 5.41) is 0.629. The van der Waals surface area contributed by atoms with Crippen molar-refractivity contribution in [1.29, 1.82) is 0 Å². The lowest BCUT2D eigenvalue weighted by Crippen LogP contribution is -2.52. The van der Waals surface area contributed by atoms with Gasteiger partial charge in [0.1, 0.15) is 0 Å². The van der Waals surface area contributed by atoms with E-state index in [9.17, 15) is 0 Å². The van der Waals surface area contributed by atoms with Crippen molar-refractivity contribution in [2.45, 2.75) is 32.9 Å². The lowest BCUT2D eigenvalue weighted by atomic mass is 9.79. The number of ether oxygens (including phenoxy) is 2. The van der Waals surface area contributed by atoms with E-state index in [1.54, 1.807) is 14.2 Å². The average Bonchev–Trinajstić information content (AvgIpc) is 2.44. The maximum absolute atomic E-state index is 6.46. The molecule has 6 heteroatoms. The average molecular weight is 349 g/mol. The number of piperidine rings is 1. The van der Waals surface area contributed by atoms with Gasteiger partial charge in [-0.3, -0.25) is 4.90 Å². The predicted molar refractivity (Wildman–Crippen MR) is 93.5 cm³/mol. The fourth-order valence-electron chi connectivity index (χ4n) is 2.91. The number of methoxy groups -OCH3 is 2. The number of benzene rings is 1. The summed E-state index contributed by atoms with van der Waals surface area (Å²) in [4.78, 5) is 2.40. The molecule has 1 heterocycles. The third kappa shape index (κ3) is 3.99. The number of nitrogens with two attached hydrogens (primary N) is 1. The van der Waals surface area contributed by atoms with Crippen LogP contribution in [0.25, 0.3) is 0 Å². The lowest BCUT2D eigenvalue weighted by Gasteiger charge is -2.42. The van der Waals surface area contributed by atoms with E-state index in [1.165, 1.54) is 0 Å². The van der Waals surface area contributed by atoms with E-state index in [2.05, 4.69) is 18.7 Å². The van der Waals surface area contributed by atoms with Crippen molar-refractivity contribution in [2.24, 2.45) is 11.1 Å². The van der Waals surface area contributed by atoms with Gasteiger partial charge in [0.2, 0.25) is 0 Å². The Hall–Kier alpha value is -0.680. The first-order valence-corrected chi connectivity index (χ1v) is 7.64. The molecule has 2 rings (SSSR count). The molecule has 1 aromatic carbocycles. The van der Waals surface area contributed by atoms with Gasteiger partial charge in [0, 0.05) is 25.7 Å². The standard InChI is InChI=1S/C16H25ClN2O2.ClH/c1-16(2)10-19(8-7-13(16)18)9-11-5-6-12(20-3)15(21-4)14(11)17;/h5-6,13H,7-10,18H2,1-4H3;1H. The van der Waals surface area contributed by atoms with E-state index in [1.807, 2.05) is 12.1 Å².